The van der Waals surface area contributed by atoms with Crippen LogP contribution in [0.2, 0.25) is 0 Å². The Morgan fingerprint density at radius 3 is 2.40 bits per heavy atom. The molecule has 0 aliphatic carbocycles. The van der Waals surface area contributed by atoms with Crippen LogP contribution in [0.4, 0.5) is 0 Å². The summed E-state index contributed by atoms with van der Waals surface area (Å²) in [6, 6.07) is 8.71. The van der Waals surface area contributed by atoms with Crippen LogP contribution in [0.15, 0.2) is 51.1 Å². The van der Waals surface area contributed by atoms with Crippen molar-refractivity contribution in [3.05, 3.63) is 52.2 Å². The molecular formula is C14H15NO4S. The largest absolute Gasteiger partial charge is 0.479 e. The van der Waals surface area contributed by atoms with Crippen LogP contribution in [0.3, 0.4) is 0 Å². The van der Waals surface area contributed by atoms with Gasteiger partial charge in [0.25, 0.3) is 0 Å². The molecule has 1 heterocycles. The second kappa shape index (κ2) is 5.50. The Labute approximate surface area is 117 Å². The molecule has 6 heteroatoms. The summed E-state index contributed by atoms with van der Waals surface area (Å²) in [6.45, 7) is 3.96. The lowest BCUT2D eigenvalue weighted by Crippen LogP contribution is -2.11. The maximum absolute atomic E-state index is 12.4. The molecule has 2 aromatic rings. The molecule has 0 atom stereocenters. The summed E-state index contributed by atoms with van der Waals surface area (Å²) < 4.78 is 30.0. The standard InChI is InChI=1S/C14H15NO4S/c1-3-19-13-8-11(16)9-14(15-13)20(17,18)12-6-4-10(2)5-7-12/h4-9H,3H2,1-2H3,(H,15,16). The second-order valence-corrected chi connectivity index (χ2v) is 6.21. The monoisotopic (exact) mass is 293 g/mol. The van der Waals surface area contributed by atoms with Gasteiger partial charge in [-0.25, -0.2) is 8.42 Å². The average Bonchev–Trinajstić information content (AvgIpc) is 2.39. The van der Waals surface area contributed by atoms with Crippen molar-refractivity contribution >= 4 is 9.84 Å². The van der Waals surface area contributed by atoms with E-state index in [1.165, 1.54) is 18.2 Å². The first-order chi connectivity index (χ1) is 9.43. The number of hydrogen-bond donors (Lipinski definition) is 1. The fourth-order valence-corrected chi connectivity index (χ4v) is 2.97. The lowest BCUT2D eigenvalue weighted by atomic mass is 10.2. The maximum Gasteiger partial charge on any atom is 0.222 e. The Kier molecular flexibility index (Phi) is 3.94. The maximum atomic E-state index is 12.4. The number of aryl methyl sites for hydroxylation is 1. The van der Waals surface area contributed by atoms with Crippen molar-refractivity contribution in [3.63, 3.8) is 0 Å². The Bertz CT molecular complexity index is 761. The van der Waals surface area contributed by atoms with Crippen molar-refractivity contribution in [2.75, 3.05) is 6.61 Å². The van der Waals surface area contributed by atoms with Gasteiger partial charge in [-0.2, -0.15) is 0 Å². The third kappa shape index (κ3) is 2.91. The van der Waals surface area contributed by atoms with Crippen molar-refractivity contribution in [3.8, 4) is 5.88 Å². The molecule has 20 heavy (non-hydrogen) atoms. The van der Waals surface area contributed by atoms with Crippen molar-refractivity contribution in [1.82, 2.24) is 4.98 Å². The molecule has 0 unspecified atom stereocenters. The topological polar surface area (TPSA) is 76.2 Å². The van der Waals surface area contributed by atoms with Crippen molar-refractivity contribution < 1.29 is 13.2 Å². The van der Waals surface area contributed by atoms with Gasteiger partial charge in [0, 0.05) is 12.1 Å². The molecule has 5 nitrogen and oxygen atoms in total. The predicted octanol–water partition coefficient (Wildman–Crippen LogP) is 1.91. The summed E-state index contributed by atoms with van der Waals surface area (Å²) in [6.07, 6.45) is 0. The predicted molar refractivity (Wildman–Crippen MR) is 74.9 cm³/mol. The number of pyridine rings is 1. The molecule has 0 saturated carbocycles. The van der Waals surface area contributed by atoms with Crippen LogP contribution in [0.5, 0.6) is 5.88 Å². The number of rotatable bonds is 4. The van der Waals surface area contributed by atoms with E-state index in [1.54, 1.807) is 19.1 Å². The molecule has 106 valence electrons. The normalized spacial score (nSPS) is 11.3. The number of sulfone groups is 1. The number of aromatic amines is 1. The second-order valence-electron chi connectivity index (χ2n) is 4.29. The van der Waals surface area contributed by atoms with E-state index in [-0.39, 0.29) is 15.8 Å². The van der Waals surface area contributed by atoms with Gasteiger partial charge in [0.05, 0.1) is 11.5 Å². The fraction of sp³-hybridized carbons (Fsp3) is 0.214. The molecule has 0 aliphatic rings. The Hall–Kier alpha value is -2.08. The molecule has 0 fully saturated rings. The van der Waals surface area contributed by atoms with Gasteiger partial charge in [-0.15, -0.1) is 0 Å². The van der Waals surface area contributed by atoms with Crippen LogP contribution in [0.1, 0.15) is 12.5 Å². The van der Waals surface area contributed by atoms with Gasteiger partial charge in [0.2, 0.25) is 9.84 Å². The van der Waals surface area contributed by atoms with Crippen molar-refractivity contribution in [2.24, 2.45) is 0 Å². The van der Waals surface area contributed by atoms with Crippen LogP contribution in [0, 0.1) is 6.92 Å². The number of H-pyrrole nitrogens is 1. The van der Waals surface area contributed by atoms with E-state index in [0.717, 1.165) is 11.6 Å². The molecule has 0 saturated heterocycles. The summed E-state index contributed by atoms with van der Waals surface area (Å²) in [5.74, 6) is 0.144. The lowest BCUT2D eigenvalue weighted by Gasteiger charge is -2.08. The van der Waals surface area contributed by atoms with Gasteiger partial charge in [-0.05, 0) is 26.0 Å². The molecule has 2 rings (SSSR count). The third-order valence-corrected chi connectivity index (χ3v) is 4.41. The Morgan fingerprint density at radius 2 is 1.80 bits per heavy atom. The number of nitrogens with one attached hydrogen (secondary N) is 1. The van der Waals surface area contributed by atoms with E-state index < -0.39 is 15.3 Å². The molecular weight excluding hydrogens is 278 g/mol. The number of hydrogen-bond acceptors (Lipinski definition) is 4. The Morgan fingerprint density at radius 1 is 1.15 bits per heavy atom. The van der Waals surface area contributed by atoms with E-state index >= 15 is 0 Å². The highest BCUT2D eigenvalue weighted by Crippen LogP contribution is 2.20. The highest BCUT2D eigenvalue weighted by atomic mass is 32.2. The molecule has 0 spiro atoms. The lowest BCUT2D eigenvalue weighted by molar-refractivity contribution is 0.323. The van der Waals surface area contributed by atoms with Crippen LogP contribution in [-0.4, -0.2) is 20.0 Å². The zero-order chi connectivity index (χ0) is 14.8. The number of benzene rings is 1. The van der Waals surface area contributed by atoms with Crippen molar-refractivity contribution in [1.29, 1.82) is 0 Å². The van der Waals surface area contributed by atoms with Crippen LogP contribution < -0.4 is 10.2 Å². The van der Waals surface area contributed by atoms with Gasteiger partial charge in [0.15, 0.2) is 11.3 Å². The van der Waals surface area contributed by atoms with E-state index in [4.69, 9.17) is 4.74 Å². The quantitative estimate of drug-likeness (QED) is 0.934. The van der Waals surface area contributed by atoms with Crippen LogP contribution in [-0.2, 0) is 9.84 Å². The Balaban J connectivity index is 2.54. The number of aromatic nitrogens is 1. The van der Waals surface area contributed by atoms with Gasteiger partial charge in [-0.1, -0.05) is 17.7 Å². The SMILES string of the molecule is CCOc1cc(=O)cc(S(=O)(=O)c2ccc(C)cc2)[nH]1. The summed E-state index contributed by atoms with van der Waals surface area (Å²) in [7, 11) is -3.75. The third-order valence-electron chi connectivity index (χ3n) is 2.71. The minimum absolute atomic E-state index is 0.132. The van der Waals surface area contributed by atoms with Crippen molar-refractivity contribution in [2.45, 2.75) is 23.8 Å². The zero-order valence-electron chi connectivity index (χ0n) is 11.2. The summed E-state index contributed by atoms with van der Waals surface area (Å²) in [5, 5.41) is -0.169. The minimum Gasteiger partial charge on any atom is -0.479 e. The zero-order valence-corrected chi connectivity index (χ0v) is 12.0. The van der Waals surface area contributed by atoms with E-state index in [2.05, 4.69) is 4.98 Å². The van der Waals surface area contributed by atoms with Gasteiger partial charge >= 0.3 is 0 Å². The van der Waals surface area contributed by atoms with Gasteiger partial charge in [-0.3, -0.25) is 4.79 Å². The smallest absolute Gasteiger partial charge is 0.222 e. The van der Waals surface area contributed by atoms with Gasteiger partial charge in [0.1, 0.15) is 5.03 Å². The molecule has 1 N–H and O–H groups in total. The first-order valence-corrected chi connectivity index (χ1v) is 7.60. The van der Waals surface area contributed by atoms with E-state index in [0.29, 0.717) is 6.61 Å². The van der Waals surface area contributed by atoms with Crippen LogP contribution in [0.25, 0.3) is 0 Å². The van der Waals surface area contributed by atoms with Gasteiger partial charge < -0.3 is 9.72 Å². The molecule has 1 aromatic heterocycles. The molecule has 0 aliphatic heterocycles. The molecule has 0 bridgehead atoms. The summed E-state index contributed by atoms with van der Waals surface area (Å²) in [4.78, 5) is 14.3. The number of ether oxygens (including phenoxy) is 1. The average molecular weight is 293 g/mol. The highest BCUT2D eigenvalue weighted by Gasteiger charge is 2.19. The molecule has 0 amide bonds. The first-order valence-electron chi connectivity index (χ1n) is 6.12. The summed E-state index contributed by atoms with van der Waals surface area (Å²) in [5.41, 5.74) is 0.540. The fourth-order valence-electron chi connectivity index (χ4n) is 1.72. The van der Waals surface area contributed by atoms with E-state index in [1.807, 2.05) is 6.92 Å². The minimum atomic E-state index is -3.75. The molecule has 0 radical (unpaired) electrons. The molecule has 1 aromatic carbocycles. The summed E-state index contributed by atoms with van der Waals surface area (Å²) >= 11 is 0. The van der Waals surface area contributed by atoms with E-state index in [9.17, 15) is 13.2 Å². The van der Waals surface area contributed by atoms with Crippen LogP contribution >= 0.6 is 0 Å². The highest BCUT2D eigenvalue weighted by molar-refractivity contribution is 7.91. The first kappa shape index (κ1) is 14.3.